The Labute approximate surface area is 161 Å². The standard InChI is InChI=1S/C20H18N6O2/c21-20-24-11-16(12-25-20)19(28)26(18(27)14-2-1-6-22-9-14)17-4-3-13-5-7-23-10-15(13)8-17/h1-4,6,8-9,11-12,23H,5,7,10H2,(H2,21,24,25). The number of fused-ring (bicyclic) bond motifs is 1. The van der Waals surface area contributed by atoms with Gasteiger partial charge >= 0.3 is 0 Å². The number of nitrogens with one attached hydrogen (secondary N) is 1. The average molecular weight is 374 g/mol. The number of carbonyl (C=O) groups excluding carboxylic acids is 2. The summed E-state index contributed by atoms with van der Waals surface area (Å²) in [5.41, 5.74) is 8.75. The normalized spacial score (nSPS) is 12.9. The molecule has 1 aliphatic rings. The van der Waals surface area contributed by atoms with Gasteiger partial charge in [-0.25, -0.2) is 14.9 Å². The van der Waals surface area contributed by atoms with E-state index in [1.165, 1.54) is 24.2 Å². The summed E-state index contributed by atoms with van der Waals surface area (Å²) in [6.07, 6.45) is 6.54. The molecule has 0 bridgehead atoms. The second kappa shape index (κ2) is 7.53. The highest BCUT2D eigenvalue weighted by Gasteiger charge is 2.27. The van der Waals surface area contributed by atoms with E-state index < -0.39 is 11.8 Å². The molecule has 0 fully saturated rings. The molecule has 1 aliphatic heterocycles. The van der Waals surface area contributed by atoms with E-state index in [-0.39, 0.29) is 11.5 Å². The van der Waals surface area contributed by atoms with Crippen molar-refractivity contribution in [3.05, 3.63) is 77.4 Å². The van der Waals surface area contributed by atoms with Crippen molar-refractivity contribution in [3.8, 4) is 0 Å². The maximum Gasteiger partial charge on any atom is 0.268 e. The number of benzene rings is 1. The number of rotatable bonds is 3. The predicted octanol–water partition coefficient (Wildman–Crippen LogP) is 1.59. The van der Waals surface area contributed by atoms with Gasteiger partial charge in [-0.1, -0.05) is 6.07 Å². The number of nitrogens with two attached hydrogens (primary N) is 1. The predicted molar refractivity (Wildman–Crippen MR) is 104 cm³/mol. The highest BCUT2D eigenvalue weighted by Crippen LogP contribution is 2.25. The monoisotopic (exact) mass is 374 g/mol. The van der Waals surface area contributed by atoms with E-state index in [1.54, 1.807) is 24.4 Å². The third-order valence-corrected chi connectivity index (χ3v) is 4.57. The largest absolute Gasteiger partial charge is 0.368 e. The van der Waals surface area contributed by atoms with Gasteiger partial charge in [0.05, 0.1) is 16.8 Å². The quantitative estimate of drug-likeness (QED) is 0.669. The van der Waals surface area contributed by atoms with Gasteiger partial charge in [-0.15, -0.1) is 0 Å². The summed E-state index contributed by atoms with van der Waals surface area (Å²) in [5.74, 6) is -0.947. The Morgan fingerprint density at radius 1 is 1.00 bits per heavy atom. The van der Waals surface area contributed by atoms with Crippen LogP contribution in [-0.4, -0.2) is 33.3 Å². The van der Waals surface area contributed by atoms with Gasteiger partial charge in [0.2, 0.25) is 5.95 Å². The molecule has 0 radical (unpaired) electrons. The Morgan fingerprint density at radius 2 is 1.79 bits per heavy atom. The van der Waals surface area contributed by atoms with Crippen LogP contribution < -0.4 is 16.0 Å². The van der Waals surface area contributed by atoms with Gasteiger partial charge in [0.25, 0.3) is 11.8 Å². The lowest BCUT2D eigenvalue weighted by atomic mass is 10.00. The van der Waals surface area contributed by atoms with Crippen molar-refractivity contribution < 1.29 is 9.59 Å². The molecular formula is C20H18N6O2. The van der Waals surface area contributed by atoms with Crippen LogP contribution in [0, 0.1) is 0 Å². The van der Waals surface area contributed by atoms with E-state index in [9.17, 15) is 9.59 Å². The molecule has 2 aromatic heterocycles. The van der Waals surface area contributed by atoms with Gasteiger partial charge in [0.15, 0.2) is 0 Å². The van der Waals surface area contributed by atoms with Crippen LogP contribution in [0.4, 0.5) is 11.6 Å². The summed E-state index contributed by atoms with van der Waals surface area (Å²) in [6.45, 7) is 1.60. The van der Waals surface area contributed by atoms with E-state index >= 15 is 0 Å². The van der Waals surface area contributed by atoms with Crippen molar-refractivity contribution in [3.63, 3.8) is 0 Å². The topological polar surface area (TPSA) is 114 Å². The van der Waals surface area contributed by atoms with Crippen molar-refractivity contribution in [2.24, 2.45) is 0 Å². The van der Waals surface area contributed by atoms with Crippen molar-refractivity contribution in [1.29, 1.82) is 0 Å². The van der Waals surface area contributed by atoms with Crippen LogP contribution >= 0.6 is 0 Å². The molecule has 3 aromatic rings. The van der Waals surface area contributed by atoms with Crippen LogP contribution in [0.15, 0.2) is 55.1 Å². The third kappa shape index (κ3) is 3.45. The van der Waals surface area contributed by atoms with Crippen molar-refractivity contribution in [2.75, 3.05) is 17.2 Å². The van der Waals surface area contributed by atoms with Crippen molar-refractivity contribution in [1.82, 2.24) is 20.3 Å². The van der Waals surface area contributed by atoms with Crippen LogP contribution in [0.5, 0.6) is 0 Å². The summed E-state index contributed by atoms with van der Waals surface area (Å²) in [6, 6.07) is 8.89. The number of anilines is 2. The summed E-state index contributed by atoms with van der Waals surface area (Å²) < 4.78 is 0. The molecule has 2 amide bonds. The van der Waals surface area contributed by atoms with E-state index in [4.69, 9.17) is 5.73 Å². The van der Waals surface area contributed by atoms with Gasteiger partial charge in [-0.3, -0.25) is 14.6 Å². The van der Waals surface area contributed by atoms with Crippen LogP contribution in [0.1, 0.15) is 31.8 Å². The van der Waals surface area contributed by atoms with Gasteiger partial charge in [-0.2, -0.15) is 0 Å². The second-order valence-electron chi connectivity index (χ2n) is 6.40. The number of nitrogens with zero attached hydrogens (tertiary/aromatic N) is 4. The fourth-order valence-electron chi connectivity index (χ4n) is 3.13. The minimum atomic E-state index is -0.530. The number of carbonyl (C=O) groups is 2. The van der Waals surface area contributed by atoms with Crippen molar-refractivity contribution >= 4 is 23.5 Å². The highest BCUT2D eigenvalue weighted by atomic mass is 16.2. The Balaban J connectivity index is 1.78. The molecule has 0 spiro atoms. The fraction of sp³-hybridized carbons (Fsp3) is 0.150. The van der Waals surface area contributed by atoms with E-state index in [2.05, 4.69) is 20.3 Å². The van der Waals surface area contributed by atoms with Crippen molar-refractivity contribution in [2.45, 2.75) is 13.0 Å². The number of hydrogen-bond donors (Lipinski definition) is 2. The number of aromatic nitrogens is 3. The molecule has 4 rings (SSSR count). The molecule has 3 heterocycles. The van der Waals surface area contributed by atoms with E-state index in [1.807, 2.05) is 12.1 Å². The first-order valence-corrected chi connectivity index (χ1v) is 8.82. The van der Waals surface area contributed by atoms with Gasteiger partial charge < -0.3 is 11.1 Å². The summed E-state index contributed by atoms with van der Waals surface area (Å²) in [4.78, 5) is 39.2. The molecular weight excluding hydrogens is 356 g/mol. The SMILES string of the molecule is Nc1ncc(C(=O)N(C(=O)c2cccnc2)c2ccc3c(c2)CNCC3)cn1. The first kappa shape index (κ1) is 17.7. The average Bonchev–Trinajstić information content (AvgIpc) is 2.75. The van der Waals surface area contributed by atoms with Crippen LogP contribution in [0.25, 0.3) is 0 Å². The van der Waals surface area contributed by atoms with Crippen LogP contribution in [0.3, 0.4) is 0 Å². The lowest BCUT2D eigenvalue weighted by Crippen LogP contribution is -2.37. The molecule has 1 aromatic carbocycles. The lowest BCUT2D eigenvalue weighted by Gasteiger charge is -2.24. The summed E-state index contributed by atoms with van der Waals surface area (Å²) in [7, 11) is 0. The highest BCUT2D eigenvalue weighted by molar-refractivity contribution is 6.25. The Morgan fingerprint density at radius 3 is 2.54 bits per heavy atom. The molecule has 3 N–H and O–H groups in total. The molecule has 8 heteroatoms. The van der Waals surface area contributed by atoms with E-state index in [0.29, 0.717) is 17.8 Å². The molecule has 8 nitrogen and oxygen atoms in total. The molecule has 0 unspecified atom stereocenters. The molecule has 0 saturated heterocycles. The van der Waals surface area contributed by atoms with Crippen LogP contribution in [-0.2, 0) is 13.0 Å². The number of amides is 2. The molecule has 140 valence electrons. The zero-order valence-electron chi connectivity index (χ0n) is 15.0. The fourth-order valence-corrected chi connectivity index (χ4v) is 3.13. The zero-order chi connectivity index (χ0) is 19.5. The van der Waals surface area contributed by atoms with Gasteiger partial charge in [-0.05, 0) is 48.4 Å². The Hall–Kier alpha value is -3.65. The van der Waals surface area contributed by atoms with E-state index in [0.717, 1.165) is 23.4 Å². The third-order valence-electron chi connectivity index (χ3n) is 4.57. The first-order chi connectivity index (χ1) is 13.6. The van der Waals surface area contributed by atoms with Crippen LogP contribution in [0.2, 0.25) is 0 Å². The summed E-state index contributed by atoms with van der Waals surface area (Å²) in [5, 5.41) is 3.30. The minimum absolute atomic E-state index is 0.0570. The number of nitrogen functional groups attached to an aromatic ring is 1. The number of pyridine rings is 1. The van der Waals surface area contributed by atoms with Gasteiger partial charge in [0, 0.05) is 31.3 Å². The lowest BCUT2D eigenvalue weighted by molar-refractivity contribution is 0.0897. The minimum Gasteiger partial charge on any atom is -0.368 e. The molecule has 0 atom stereocenters. The maximum absolute atomic E-state index is 13.2. The number of imide groups is 1. The molecule has 28 heavy (non-hydrogen) atoms. The second-order valence-corrected chi connectivity index (χ2v) is 6.40. The summed E-state index contributed by atoms with van der Waals surface area (Å²) >= 11 is 0. The molecule has 0 aliphatic carbocycles. The maximum atomic E-state index is 13.2. The smallest absolute Gasteiger partial charge is 0.268 e. The number of hydrogen-bond acceptors (Lipinski definition) is 7. The van der Waals surface area contributed by atoms with Gasteiger partial charge in [0.1, 0.15) is 0 Å². The zero-order valence-corrected chi connectivity index (χ0v) is 15.0. The first-order valence-electron chi connectivity index (χ1n) is 8.82. The Bertz CT molecular complexity index is 1020. The molecule has 0 saturated carbocycles. The Kier molecular flexibility index (Phi) is 4.77.